The summed E-state index contributed by atoms with van der Waals surface area (Å²) in [6.45, 7) is 0. The number of hydrogen-bond acceptors (Lipinski definition) is 1. The number of rotatable bonds is 6. The first-order valence-corrected chi connectivity index (χ1v) is 6.62. The second kappa shape index (κ2) is 7.43. The van der Waals surface area contributed by atoms with Crippen molar-refractivity contribution in [1.29, 1.82) is 0 Å². The topological polar surface area (TPSA) is 12.0 Å². The first kappa shape index (κ1) is 14.3. The average Bonchev–Trinajstić information content (AvgIpc) is 2.46. The molecule has 3 heteroatoms. The van der Waals surface area contributed by atoms with Crippen molar-refractivity contribution >= 4 is 5.69 Å². The van der Waals surface area contributed by atoms with Gasteiger partial charge >= 0.3 is 0 Å². The van der Waals surface area contributed by atoms with E-state index in [0.29, 0.717) is 6.42 Å². The Morgan fingerprint density at radius 1 is 0.950 bits per heavy atom. The molecule has 1 nitrogen and oxygen atoms in total. The van der Waals surface area contributed by atoms with Gasteiger partial charge in [-0.05, 0) is 30.5 Å². The summed E-state index contributed by atoms with van der Waals surface area (Å²) in [5.74, 6) is 0. The largest absolute Gasteiger partial charge is 0.379 e. The summed E-state index contributed by atoms with van der Waals surface area (Å²) < 4.78 is 25.1. The van der Waals surface area contributed by atoms with Crippen LogP contribution < -0.4 is 5.32 Å². The molecule has 0 saturated carbocycles. The molecule has 0 saturated heterocycles. The van der Waals surface area contributed by atoms with Crippen molar-refractivity contribution in [3.05, 3.63) is 78.4 Å². The predicted molar refractivity (Wildman–Crippen MR) is 78.9 cm³/mol. The Labute approximate surface area is 118 Å². The normalized spacial score (nSPS) is 11.7. The number of nitrogens with one attached hydrogen (secondary N) is 1. The molecule has 0 aliphatic rings. The molecule has 2 aromatic rings. The lowest BCUT2D eigenvalue weighted by molar-refractivity contribution is 0.415. The first-order valence-electron chi connectivity index (χ1n) is 6.62. The van der Waals surface area contributed by atoms with Crippen LogP contribution in [0.25, 0.3) is 0 Å². The Hall–Kier alpha value is -2.16. The van der Waals surface area contributed by atoms with E-state index < -0.39 is 6.08 Å². The third kappa shape index (κ3) is 4.84. The van der Waals surface area contributed by atoms with Crippen LogP contribution in [-0.2, 0) is 6.42 Å². The van der Waals surface area contributed by atoms with E-state index in [2.05, 4.69) is 5.32 Å². The Balaban J connectivity index is 1.99. The zero-order chi connectivity index (χ0) is 14.2. The summed E-state index contributed by atoms with van der Waals surface area (Å²) >= 11 is 0. The SMILES string of the molecule is FC(F)=C[C@H](CCc1ccccc1)Nc1ccccc1. The monoisotopic (exact) mass is 273 g/mol. The summed E-state index contributed by atoms with van der Waals surface area (Å²) in [6, 6.07) is 18.9. The summed E-state index contributed by atoms with van der Waals surface area (Å²) in [6.07, 6.45) is 0.716. The quantitative estimate of drug-likeness (QED) is 0.791. The van der Waals surface area contributed by atoms with Gasteiger partial charge < -0.3 is 5.32 Å². The minimum atomic E-state index is -1.65. The molecule has 2 rings (SSSR count). The zero-order valence-corrected chi connectivity index (χ0v) is 11.1. The molecule has 0 aliphatic heterocycles. The molecule has 0 aliphatic carbocycles. The van der Waals surface area contributed by atoms with E-state index in [-0.39, 0.29) is 6.04 Å². The highest BCUT2D eigenvalue weighted by atomic mass is 19.3. The van der Waals surface area contributed by atoms with Gasteiger partial charge in [-0.25, -0.2) is 0 Å². The van der Waals surface area contributed by atoms with Gasteiger partial charge in [0.25, 0.3) is 6.08 Å². The molecular weight excluding hydrogens is 256 g/mol. The second-order valence-corrected chi connectivity index (χ2v) is 4.60. The maximum absolute atomic E-state index is 12.5. The van der Waals surface area contributed by atoms with Crippen LogP contribution in [-0.4, -0.2) is 6.04 Å². The smallest absolute Gasteiger partial charge is 0.268 e. The fraction of sp³-hybridized carbons (Fsp3) is 0.176. The van der Waals surface area contributed by atoms with Crippen LogP contribution in [0, 0.1) is 0 Å². The number of aryl methyl sites for hydroxylation is 1. The Bertz CT molecular complexity index is 533. The number of anilines is 1. The van der Waals surface area contributed by atoms with E-state index in [0.717, 1.165) is 23.7 Å². The van der Waals surface area contributed by atoms with Crippen LogP contribution in [0.2, 0.25) is 0 Å². The van der Waals surface area contributed by atoms with Crippen molar-refractivity contribution in [2.24, 2.45) is 0 Å². The molecule has 1 atom stereocenters. The molecular formula is C17H17F2N. The Morgan fingerprint density at radius 3 is 2.15 bits per heavy atom. The number of para-hydroxylation sites is 1. The maximum atomic E-state index is 12.5. The van der Waals surface area contributed by atoms with E-state index in [4.69, 9.17) is 0 Å². The summed E-state index contributed by atoms with van der Waals surface area (Å²) in [5.41, 5.74) is 2.00. The van der Waals surface area contributed by atoms with Gasteiger partial charge in [0.1, 0.15) is 0 Å². The van der Waals surface area contributed by atoms with Gasteiger partial charge in [0, 0.05) is 11.8 Å². The highest BCUT2D eigenvalue weighted by molar-refractivity contribution is 5.44. The van der Waals surface area contributed by atoms with Gasteiger partial charge in [-0.2, -0.15) is 8.78 Å². The molecule has 0 aromatic heterocycles. The molecule has 2 aromatic carbocycles. The van der Waals surface area contributed by atoms with Crippen LogP contribution >= 0.6 is 0 Å². The van der Waals surface area contributed by atoms with Gasteiger partial charge in [0.05, 0.1) is 6.04 Å². The predicted octanol–water partition coefficient (Wildman–Crippen LogP) is 4.88. The van der Waals surface area contributed by atoms with Crippen LogP contribution in [0.1, 0.15) is 12.0 Å². The summed E-state index contributed by atoms with van der Waals surface area (Å²) in [5, 5.41) is 3.12. The molecule has 0 unspecified atom stereocenters. The van der Waals surface area contributed by atoms with Crippen molar-refractivity contribution in [3.8, 4) is 0 Å². The van der Waals surface area contributed by atoms with Crippen molar-refractivity contribution in [1.82, 2.24) is 0 Å². The molecule has 1 N–H and O–H groups in total. The number of hydrogen-bond donors (Lipinski definition) is 1. The van der Waals surface area contributed by atoms with Crippen LogP contribution in [0.15, 0.2) is 72.8 Å². The summed E-state index contributed by atoms with van der Waals surface area (Å²) in [7, 11) is 0. The lowest BCUT2D eigenvalue weighted by Gasteiger charge is -2.16. The van der Waals surface area contributed by atoms with Crippen LogP contribution in [0.4, 0.5) is 14.5 Å². The van der Waals surface area contributed by atoms with Crippen molar-refractivity contribution in [2.75, 3.05) is 5.32 Å². The molecule has 0 heterocycles. The zero-order valence-electron chi connectivity index (χ0n) is 11.1. The van der Waals surface area contributed by atoms with Gasteiger partial charge in [-0.15, -0.1) is 0 Å². The fourth-order valence-electron chi connectivity index (χ4n) is 2.06. The van der Waals surface area contributed by atoms with Crippen molar-refractivity contribution in [3.63, 3.8) is 0 Å². The minimum Gasteiger partial charge on any atom is -0.379 e. The molecule has 104 valence electrons. The Kier molecular flexibility index (Phi) is 5.30. The minimum absolute atomic E-state index is 0.373. The molecule has 20 heavy (non-hydrogen) atoms. The molecule has 0 bridgehead atoms. The second-order valence-electron chi connectivity index (χ2n) is 4.60. The first-order chi connectivity index (χ1) is 9.74. The Morgan fingerprint density at radius 2 is 1.55 bits per heavy atom. The van der Waals surface area contributed by atoms with Gasteiger partial charge in [0.2, 0.25) is 0 Å². The highest BCUT2D eigenvalue weighted by Gasteiger charge is 2.08. The summed E-state index contributed by atoms with van der Waals surface area (Å²) in [4.78, 5) is 0. The fourth-order valence-corrected chi connectivity index (χ4v) is 2.06. The van der Waals surface area contributed by atoms with E-state index in [9.17, 15) is 8.78 Å². The third-order valence-corrected chi connectivity index (χ3v) is 3.04. The van der Waals surface area contributed by atoms with E-state index >= 15 is 0 Å². The van der Waals surface area contributed by atoms with E-state index in [1.54, 1.807) is 0 Å². The standard InChI is InChI=1S/C17H17F2N/c18-17(19)13-16(20-15-9-5-2-6-10-15)12-11-14-7-3-1-4-8-14/h1-10,13,16,20H,11-12H2/t16-/m0/s1. The number of benzene rings is 2. The van der Waals surface area contributed by atoms with E-state index in [1.165, 1.54) is 0 Å². The average molecular weight is 273 g/mol. The number of halogens is 2. The van der Waals surface area contributed by atoms with Crippen molar-refractivity contribution in [2.45, 2.75) is 18.9 Å². The molecule has 0 amide bonds. The lowest BCUT2D eigenvalue weighted by atomic mass is 10.0. The van der Waals surface area contributed by atoms with Crippen LogP contribution in [0.3, 0.4) is 0 Å². The highest BCUT2D eigenvalue weighted by Crippen LogP contribution is 2.14. The molecule has 0 radical (unpaired) electrons. The van der Waals surface area contributed by atoms with Crippen molar-refractivity contribution < 1.29 is 8.78 Å². The van der Waals surface area contributed by atoms with Gasteiger partial charge in [0.15, 0.2) is 0 Å². The molecule has 0 fully saturated rings. The third-order valence-electron chi connectivity index (χ3n) is 3.04. The van der Waals surface area contributed by atoms with Crippen LogP contribution in [0.5, 0.6) is 0 Å². The molecule has 0 spiro atoms. The van der Waals surface area contributed by atoms with Gasteiger partial charge in [-0.3, -0.25) is 0 Å². The lowest BCUT2D eigenvalue weighted by Crippen LogP contribution is -2.18. The maximum Gasteiger partial charge on any atom is 0.268 e. The van der Waals surface area contributed by atoms with Gasteiger partial charge in [-0.1, -0.05) is 48.5 Å². The van der Waals surface area contributed by atoms with E-state index in [1.807, 2.05) is 60.7 Å².